The largest absolute Gasteiger partial charge is 0.355 e. The molecule has 23 heavy (non-hydrogen) atoms. The van der Waals surface area contributed by atoms with E-state index in [4.69, 9.17) is 0 Å². The summed E-state index contributed by atoms with van der Waals surface area (Å²) in [5.41, 5.74) is 2.01. The molecule has 5 nitrogen and oxygen atoms in total. The summed E-state index contributed by atoms with van der Waals surface area (Å²) in [6.07, 6.45) is 1.17. The van der Waals surface area contributed by atoms with Crippen LogP contribution < -0.4 is 5.32 Å². The molecule has 1 unspecified atom stereocenters. The number of nitro groups is 1. The summed E-state index contributed by atoms with van der Waals surface area (Å²) in [6.45, 7) is 2.69. The van der Waals surface area contributed by atoms with E-state index in [9.17, 15) is 14.9 Å². The molecule has 5 heteroatoms. The van der Waals surface area contributed by atoms with E-state index in [0.717, 1.165) is 12.0 Å². The van der Waals surface area contributed by atoms with Crippen molar-refractivity contribution < 1.29 is 9.72 Å². The molecule has 0 aliphatic heterocycles. The second kappa shape index (κ2) is 8.08. The minimum absolute atomic E-state index is 0.0317. The Hall–Kier alpha value is -2.69. The molecule has 0 aliphatic carbocycles. The highest BCUT2D eigenvalue weighted by Gasteiger charge is 2.11. The molecule has 1 N–H and O–H groups in total. The average molecular weight is 312 g/mol. The molecule has 0 aromatic heterocycles. The highest BCUT2D eigenvalue weighted by Crippen LogP contribution is 2.18. The number of nitrogens with one attached hydrogen (secondary N) is 1. The Morgan fingerprint density at radius 1 is 1.13 bits per heavy atom. The van der Waals surface area contributed by atoms with Crippen molar-refractivity contribution in [3.8, 4) is 0 Å². The zero-order chi connectivity index (χ0) is 16.7. The Labute approximate surface area is 135 Å². The predicted molar refractivity (Wildman–Crippen MR) is 89.3 cm³/mol. The van der Waals surface area contributed by atoms with Gasteiger partial charge in [0, 0.05) is 24.6 Å². The lowest BCUT2D eigenvalue weighted by molar-refractivity contribution is -0.384. The minimum atomic E-state index is -0.449. The van der Waals surface area contributed by atoms with Gasteiger partial charge in [-0.25, -0.2) is 0 Å². The van der Waals surface area contributed by atoms with Crippen molar-refractivity contribution in [3.63, 3.8) is 0 Å². The van der Waals surface area contributed by atoms with Gasteiger partial charge in [0.15, 0.2) is 0 Å². The van der Waals surface area contributed by atoms with E-state index < -0.39 is 4.92 Å². The first-order valence-electron chi connectivity index (χ1n) is 7.65. The summed E-state index contributed by atoms with van der Waals surface area (Å²) in [5, 5.41) is 13.6. The van der Waals surface area contributed by atoms with E-state index in [1.807, 2.05) is 18.2 Å². The van der Waals surface area contributed by atoms with Crippen LogP contribution in [0.1, 0.15) is 30.4 Å². The second-order valence-corrected chi connectivity index (χ2v) is 5.42. The van der Waals surface area contributed by atoms with Crippen LogP contribution in [0.15, 0.2) is 54.6 Å². The molecule has 2 rings (SSSR count). The van der Waals surface area contributed by atoms with Gasteiger partial charge in [-0.05, 0) is 17.5 Å². The van der Waals surface area contributed by atoms with Crippen LogP contribution in [0.3, 0.4) is 0 Å². The van der Waals surface area contributed by atoms with Gasteiger partial charge >= 0.3 is 0 Å². The number of rotatable bonds is 7. The maximum Gasteiger partial charge on any atom is 0.269 e. The van der Waals surface area contributed by atoms with Crippen molar-refractivity contribution in [2.24, 2.45) is 0 Å². The first-order valence-corrected chi connectivity index (χ1v) is 7.65. The maximum atomic E-state index is 12.0. The number of non-ortho nitro benzene ring substituents is 1. The number of amides is 1. The Morgan fingerprint density at radius 3 is 2.35 bits per heavy atom. The van der Waals surface area contributed by atoms with Gasteiger partial charge in [0.2, 0.25) is 5.91 Å². The summed E-state index contributed by atoms with van der Waals surface area (Å²) in [4.78, 5) is 22.2. The number of carbonyl (C=O) groups excluding carboxylic acids is 1. The van der Waals surface area contributed by atoms with Crippen LogP contribution in [0, 0.1) is 10.1 Å². The Balaban J connectivity index is 1.88. The van der Waals surface area contributed by atoms with E-state index >= 15 is 0 Å². The van der Waals surface area contributed by atoms with Crippen molar-refractivity contribution in [1.82, 2.24) is 5.32 Å². The third kappa shape index (κ3) is 4.92. The van der Waals surface area contributed by atoms with Gasteiger partial charge in [-0.2, -0.15) is 0 Å². The van der Waals surface area contributed by atoms with Gasteiger partial charge in [-0.15, -0.1) is 0 Å². The monoisotopic (exact) mass is 312 g/mol. The molecule has 0 saturated heterocycles. The highest BCUT2D eigenvalue weighted by atomic mass is 16.6. The summed E-state index contributed by atoms with van der Waals surface area (Å²) in [7, 11) is 0. The Morgan fingerprint density at radius 2 is 1.78 bits per heavy atom. The molecular weight excluding hydrogens is 292 g/mol. The molecule has 0 fully saturated rings. The lowest BCUT2D eigenvalue weighted by Crippen LogP contribution is -2.29. The van der Waals surface area contributed by atoms with E-state index in [1.165, 1.54) is 17.7 Å². The van der Waals surface area contributed by atoms with Gasteiger partial charge < -0.3 is 5.32 Å². The number of nitrogens with zero attached hydrogens (tertiary/aromatic N) is 1. The highest BCUT2D eigenvalue weighted by molar-refractivity contribution is 5.78. The number of carbonyl (C=O) groups is 1. The summed E-state index contributed by atoms with van der Waals surface area (Å²) < 4.78 is 0. The molecule has 0 saturated carbocycles. The SMILES string of the molecule is CCC(CNC(=O)Cc1ccc([N+](=O)[O-])cc1)c1ccccc1. The van der Waals surface area contributed by atoms with Gasteiger partial charge in [0.05, 0.1) is 11.3 Å². The molecular formula is C18H20N2O3. The molecule has 2 aromatic carbocycles. The topological polar surface area (TPSA) is 72.2 Å². The van der Waals surface area contributed by atoms with Crippen molar-refractivity contribution in [1.29, 1.82) is 0 Å². The van der Waals surface area contributed by atoms with Crippen molar-refractivity contribution >= 4 is 11.6 Å². The first-order chi connectivity index (χ1) is 11.1. The third-order valence-corrected chi connectivity index (χ3v) is 3.82. The molecule has 0 heterocycles. The third-order valence-electron chi connectivity index (χ3n) is 3.82. The van der Waals surface area contributed by atoms with Crippen LogP contribution in [0.4, 0.5) is 5.69 Å². The fraction of sp³-hybridized carbons (Fsp3) is 0.278. The minimum Gasteiger partial charge on any atom is -0.355 e. The summed E-state index contributed by atoms with van der Waals surface area (Å²) >= 11 is 0. The molecule has 0 aliphatic rings. The van der Waals surface area contributed by atoms with E-state index in [-0.39, 0.29) is 23.9 Å². The van der Waals surface area contributed by atoms with E-state index in [0.29, 0.717) is 6.54 Å². The number of benzene rings is 2. The van der Waals surface area contributed by atoms with E-state index in [2.05, 4.69) is 24.4 Å². The Kier molecular flexibility index (Phi) is 5.86. The molecule has 120 valence electrons. The van der Waals surface area contributed by atoms with Crippen LogP contribution in [-0.2, 0) is 11.2 Å². The lowest BCUT2D eigenvalue weighted by atomic mass is 9.96. The quantitative estimate of drug-likeness (QED) is 0.628. The van der Waals surface area contributed by atoms with Gasteiger partial charge in [-0.3, -0.25) is 14.9 Å². The second-order valence-electron chi connectivity index (χ2n) is 5.42. The number of nitro benzene ring substituents is 1. The van der Waals surface area contributed by atoms with Crippen LogP contribution in [-0.4, -0.2) is 17.4 Å². The molecule has 0 spiro atoms. The number of hydrogen-bond acceptors (Lipinski definition) is 3. The average Bonchev–Trinajstić information content (AvgIpc) is 2.57. The molecule has 0 bridgehead atoms. The van der Waals surface area contributed by atoms with Crippen LogP contribution >= 0.6 is 0 Å². The number of hydrogen-bond donors (Lipinski definition) is 1. The molecule has 1 atom stereocenters. The normalized spacial score (nSPS) is 11.7. The van der Waals surface area contributed by atoms with Crippen molar-refractivity contribution in [2.75, 3.05) is 6.54 Å². The standard InChI is InChI=1S/C18H20N2O3/c1-2-15(16-6-4-3-5-7-16)13-19-18(21)12-14-8-10-17(11-9-14)20(22)23/h3-11,15H,2,12-13H2,1H3,(H,19,21). The zero-order valence-electron chi connectivity index (χ0n) is 13.1. The fourth-order valence-electron chi connectivity index (χ4n) is 2.44. The molecule has 0 radical (unpaired) electrons. The molecule has 1 amide bonds. The fourth-order valence-corrected chi connectivity index (χ4v) is 2.44. The van der Waals surface area contributed by atoms with Crippen molar-refractivity contribution in [3.05, 3.63) is 75.8 Å². The van der Waals surface area contributed by atoms with Gasteiger partial charge in [-0.1, -0.05) is 49.4 Å². The van der Waals surface area contributed by atoms with Crippen LogP contribution in [0.5, 0.6) is 0 Å². The zero-order valence-corrected chi connectivity index (χ0v) is 13.1. The lowest BCUT2D eigenvalue weighted by Gasteiger charge is -2.16. The van der Waals surface area contributed by atoms with Gasteiger partial charge in [0.1, 0.15) is 0 Å². The summed E-state index contributed by atoms with van der Waals surface area (Å²) in [6, 6.07) is 16.2. The van der Waals surface area contributed by atoms with E-state index in [1.54, 1.807) is 12.1 Å². The predicted octanol–water partition coefficient (Wildman–Crippen LogP) is 3.45. The molecule has 2 aromatic rings. The first kappa shape index (κ1) is 16.7. The smallest absolute Gasteiger partial charge is 0.269 e. The van der Waals surface area contributed by atoms with Crippen LogP contribution in [0.25, 0.3) is 0 Å². The van der Waals surface area contributed by atoms with Crippen LogP contribution in [0.2, 0.25) is 0 Å². The maximum absolute atomic E-state index is 12.0. The van der Waals surface area contributed by atoms with Gasteiger partial charge in [0.25, 0.3) is 5.69 Å². The summed E-state index contributed by atoms with van der Waals surface area (Å²) in [5.74, 6) is 0.213. The van der Waals surface area contributed by atoms with Crippen molar-refractivity contribution in [2.45, 2.75) is 25.7 Å². The Bertz CT molecular complexity index is 654.